The van der Waals surface area contributed by atoms with Crippen LogP contribution in [0.1, 0.15) is 32.3 Å². The summed E-state index contributed by atoms with van der Waals surface area (Å²) < 4.78 is 0. The molecule has 1 aliphatic rings. The first-order valence-electron chi connectivity index (χ1n) is 7.32. The molecule has 1 aliphatic heterocycles. The second kappa shape index (κ2) is 7.98. The molecule has 1 aromatic carbocycles. The number of benzene rings is 1. The Hall–Kier alpha value is -0.820. The zero-order valence-electron chi connectivity index (χ0n) is 12.8. The second-order valence-corrected chi connectivity index (χ2v) is 5.98. The number of aliphatic hydroxyl groups is 1. The van der Waals surface area contributed by atoms with Crippen molar-refractivity contribution in [2.24, 2.45) is 16.6 Å². The lowest BCUT2D eigenvalue weighted by atomic mass is 9.96. The molecular formula is C16H26IN3O. The van der Waals surface area contributed by atoms with E-state index in [1.165, 1.54) is 0 Å². The maximum atomic E-state index is 10.5. The van der Waals surface area contributed by atoms with Crippen molar-refractivity contribution in [3.63, 3.8) is 0 Å². The third-order valence-corrected chi connectivity index (χ3v) is 4.05. The fourth-order valence-electron chi connectivity index (χ4n) is 2.46. The average Bonchev–Trinajstić information content (AvgIpc) is 2.46. The van der Waals surface area contributed by atoms with Gasteiger partial charge in [-0.15, -0.1) is 24.0 Å². The summed E-state index contributed by atoms with van der Waals surface area (Å²) in [6, 6.07) is 9.60. The molecule has 1 saturated heterocycles. The van der Waals surface area contributed by atoms with Crippen molar-refractivity contribution in [3.05, 3.63) is 35.9 Å². The highest BCUT2D eigenvalue weighted by molar-refractivity contribution is 14.0. The van der Waals surface area contributed by atoms with Gasteiger partial charge in [0.1, 0.15) is 5.60 Å². The van der Waals surface area contributed by atoms with Crippen molar-refractivity contribution in [3.8, 4) is 0 Å². The highest BCUT2D eigenvalue weighted by Gasteiger charge is 2.23. The molecule has 0 amide bonds. The summed E-state index contributed by atoms with van der Waals surface area (Å²) in [6.07, 6.45) is 2.32. The van der Waals surface area contributed by atoms with Crippen LogP contribution in [-0.2, 0) is 5.60 Å². The summed E-state index contributed by atoms with van der Waals surface area (Å²) in [5, 5.41) is 10.5. The lowest BCUT2D eigenvalue weighted by Crippen LogP contribution is -2.43. The SMILES string of the molecule is CC1CCN(C(N)=NCC(C)(O)c2ccccc2)CC1.I. The highest BCUT2D eigenvalue weighted by atomic mass is 127. The monoisotopic (exact) mass is 403 g/mol. The predicted molar refractivity (Wildman–Crippen MR) is 97.9 cm³/mol. The molecule has 0 saturated carbocycles. The Morgan fingerprint density at radius 3 is 2.48 bits per heavy atom. The average molecular weight is 403 g/mol. The van der Waals surface area contributed by atoms with Crippen LogP contribution in [0.25, 0.3) is 0 Å². The Kier molecular flexibility index (Phi) is 6.93. The second-order valence-electron chi connectivity index (χ2n) is 5.98. The van der Waals surface area contributed by atoms with Crippen molar-refractivity contribution >= 4 is 29.9 Å². The third kappa shape index (κ3) is 5.14. The zero-order valence-corrected chi connectivity index (χ0v) is 15.2. The molecule has 1 atom stereocenters. The molecule has 2 rings (SSSR count). The summed E-state index contributed by atoms with van der Waals surface area (Å²) in [5.41, 5.74) is 5.93. The van der Waals surface area contributed by atoms with E-state index >= 15 is 0 Å². The Morgan fingerprint density at radius 2 is 1.90 bits per heavy atom. The van der Waals surface area contributed by atoms with Gasteiger partial charge < -0.3 is 15.7 Å². The summed E-state index contributed by atoms with van der Waals surface area (Å²) in [4.78, 5) is 6.50. The molecule has 0 aromatic heterocycles. The van der Waals surface area contributed by atoms with Gasteiger partial charge in [-0.3, -0.25) is 0 Å². The molecule has 1 aromatic rings. The van der Waals surface area contributed by atoms with Gasteiger partial charge in [0, 0.05) is 13.1 Å². The van der Waals surface area contributed by atoms with Gasteiger partial charge in [-0.2, -0.15) is 0 Å². The minimum Gasteiger partial charge on any atom is -0.384 e. The van der Waals surface area contributed by atoms with E-state index in [0.29, 0.717) is 5.96 Å². The number of likely N-dealkylation sites (tertiary alicyclic amines) is 1. The molecule has 5 heteroatoms. The number of hydrogen-bond donors (Lipinski definition) is 2. The number of rotatable bonds is 3. The van der Waals surface area contributed by atoms with Gasteiger partial charge in [-0.1, -0.05) is 37.3 Å². The van der Waals surface area contributed by atoms with Gasteiger partial charge in [0.2, 0.25) is 0 Å². The number of halogens is 1. The van der Waals surface area contributed by atoms with Gasteiger partial charge in [0.15, 0.2) is 5.96 Å². The number of aliphatic imine (C=N–C) groups is 1. The van der Waals surface area contributed by atoms with Crippen LogP contribution in [0.4, 0.5) is 0 Å². The van der Waals surface area contributed by atoms with E-state index in [-0.39, 0.29) is 30.5 Å². The standard InChI is InChI=1S/C16H25N3O.HI/c1-13-8-10-19(11-9-13)15(17)18-12-16(2,20)14-6-4-3-5-7-14;/h3-7,13,20H,8-12H2,1-2H3,(H2,17,18);1H. The first kappa shape index (κ1) is 18.2. The van der Waals surface area contributed by atoms with Crippen LogP contribution in [0.2, 0.25) is 0 Å². The van der Waals surface area contributed by atoms with Crippen LogP contribution < -0.4 is 5.73 Å². The number of hydrogen-bond acceptors (Lipinski definition) is 2. The fourth-order valence-corrected chi connectivity index (χ4v) is 2.46. The molecular weight excluding hydrogens is 377 g/mol. The molecule has 1 heterocycles. The van der Waals surface area contributed by atoms with E-state index < -0.39 is 5.60 Å². The molecule has 0 radical (unpaired) electrons. The molecule has 4 nitrogen and oxygen atoms in total. The maximum Gasteiger partial charge on any atom is 0.191 e. The Balaban J connectivity index is 0.00000220. The first-order valence-corrected chi connectivity index (χ1v) is 7.32. The fraction of sp³-hybridized carbons (Fsp3) is 0.562. The summed E-state index contributed by atoms with van der Waals surface area (Å²) in [5.74, 6) is 1.32. The van der Waals surface area contributed by atoms with Crippen molar-refractivity contribution < 1.29 is 5.11 Å². The minimum absolute atomic E-state index is 0. The molecule has 1 fully saturated rings. The van der Waals surface area contributed by atoms with Gasteiger partial charge in [0.25, 0.3) is 0 Å². The van der Waals surface area contributed by atoms with E-state index in [1.54, 1.807) is 6.92 Å². The Morgan fingerprint density at radius 1 is 1.33 bits per heavy atom. The normalized spacial score (nSPS) is 19.8. The van der Waals surface area contributed by atoms with Crippen LogP contribution in [0.5, 0.6) is 0 Å². The largest absolute Gasteiger partial charge is 0.384 e. The van der Waals surface area contributed by atoms with Crippen molar-refractivity contribution in [1.82, 2.24) is 4.90 Å². The lowest BCUT2D eigenvalue weighted by Gasteiger charge is -2.31. The molecule has 0 bridgehead atoms. The van der Waals surface area contributed by atoms with E-state index in [1.807, 2.05) is 30.3 Å². The predicted octanol–water partition coefficient (Wildman–Crippen LogP) is 2.56. The summed E-state index contributed by atoms with van der Waals surface area (Å²) in [7, 11) is 0. The van der Waals surface area contributed by atoms with Crippen LogP contribution in [0, 0.1) is 5.92 Å². The number of nitrogens with zero attached hydrogens (tertiary/aromatic N) is 2. The number of nitrogens with two attached hydrogens (primary N) is 1. The van der Waals surface area contributed by atoms with E-state index in [2.05, 4.69) is 16.8 Å². The van der Waals surface area contributed by atoms with Crippen LogP contribution >= 0.6 is 24.0 Å². The van der Waals surface area contributed by atoms with Gasteiger partial charge in [-0.05, 0) is 31.2 Å². The van der Waals surface area contributed by atoms with Gasteiger partial charge >= 0.3 is 0 Å². The van der Waals surface area contributed by atoms with Crippen molar-refractivity contribution in [1.29, 1.82) is 0 Å². The molecule has 21 heavy (non-hydrogen) atoms. The van der Waals surface area contributed by atoms with Gasteiger partial charge in [-0.25, -0.2) is 4.99 Å². The Bertz CT molecular complexity index is 454. The van der Waals surface area contributed by atoms with Gasteiger partial charge in [0.05, 0.1) is 6.54 Å². The minimum atomic E-state index is -0.977. The summed E-state index contributed by atoms with van der Waals surface area (Å²) >= 11 is 0. The smallest absolute Gasteiger partial charge is 0.191 e. The van der Waals surface area contributed by atoms with Crippen LogP contribution in [0.3, 0.4) is 0 Å². The lowest BCUT2D eigenvalue weighted by molar-refractivity contribution is 0.0669. The van der Waals surface area contributed by atoms with Crippen LogP contribution in [0.15, 0.2) is 35.3 Å². The van der Waals surface area contributed by atoms with Crippen LogP contribution in [-0.4, -0.2) is 35.6 Å². The van der Waals surface area contributed by atoms with Crippen molar-refractivity contribution in [2.75, 3.05) is 19.6 Å². The highest BCUT2D eigenvalue weighted by Crippen LogP contribution is 2.21. The first-order chi connectivity index (χ1) is 9.49. The molecule has 1 unspecified atom stereocenters. The topological polar surface area (TPSA) is 61.8 Å². The van der Waals surface area contributed by atoms with E-state index in [4.69, 9.17) is 5.73 Å². The molecule has 0 spiro atoms. The molecule has 0 aliphatic carbocycles. The Labute approximate surface area is 144 Å². The van der Waals surface area contributed by atoms with E-state index in [0.717, 1.165) is 37.4 Å². The third-order valence-electron chi connectivity index (χ3n) is 4.05. The maximum absolute atomic E-state index is 10.5. The van der Waals surface area contributed by atoms with Crippen molar-refractivity contribution in [2.45, 2.75) is 32.3 Å². The molecule has 118 valence electrons. The van der Waals surface area contributed by atoms with E-state index in [9.17, 15) is 5.11 Å². The summed E-state index contributed by atoms with van der Waals surface area (Å²) in [6.45, 7) is 6.26. The molecule has 3 N–H and O–H groups in total. The quantitative estimate of drug-likeness (QED) is 0.463. The zero-order chi connectivity index (χ0) is 14.6. The number of piperidine rings is 1. The number of guanidine groups is 1.